The molecule has 1 heterocycles. The minimum absolute atomic E-state index is 0.337. The van der Waals surface area contributed by atoms with Gasteiger partial charge in [-0.2, -0.15) is 0 Å². The first-order valence-electron chi connectivity index (χ1n) is 5.44. The highest BCUT2D eigenvalue weighted by molar-refractivity contribution is 7.10. The van der Waals surface area contributed by atoms with E-state index in [4.69, 9.17) is 0 Å². The summed E-state index contributed by atoms with van der Waals surface area (Å²) >= 11 is 1.47. The van der Waals surface area contributed by atoms with Crippen LogP contribution >= 0.6 is 11.3 Å². The zero-order valence-electron chi connectivity index (χ0n) is 9.94. The monoisotopic (exact) mass is 288 g/mol. The highest BCUT2D eigenvalue weighted by Crippen LogP contribution is 2.30. The molecule has 2 rings (SSSR count). The van der Waals surface area contributed by atoms with E-state index in [2.05, 4.69) is 4.74 Å². The number of thiophene rings is 1. The van der Waals surface area contributed by atoms with Gasteiger partial charge in [-0.05, 0) is 41.6 Å². The van der Waals surface area contributed by atoms with Crippen LogP contribution in [0.5, 0.6) is 5.75 Å². The molecule has 0 saturated carbocycles. The molecular formula is C13H11F3O2S. The van der Waals surface area contributed by atoms with Crippen LogP contribution in [0.3, 0.4) is 0 Å². The topological polar surface area (TPSA) is 29.5 Å². The van der Waals surface area contributed by atoms with E-state index >= 15 is 0 Å². The molecule has 0 saturated heterocycles. The fourth-order valence-corrected chi connectivity index (χ4v) is 2.40. The average molecular weight is 288 g/mol. The van der Waals surface area contributed by atoms with Crippen LogP contribution < -0.4 is 4.74 Å². The maximum atomic E-state index is 12.1. The third-order valence-corrected chi connectivity index (χ3v) is 3.35. The van der Waals surface area contributed by atoms with Crippen LogP contribution in [0.25, 0.3) is 0 Å². The summed E-state index contributed by atoms with van der Waals surface area (Å²) in [5.41, 5.74) is 1.02. The molecule has 1 aromatic heterocycles. The summed E-state index contributed by atoms with van der Waals surface area (Å²) < 4.78 is 40.2. The normalized spacial score (nSPS) is 13.3. The molecule has 0 aliphatic carbocycles. The van der Waals surface area contributed by atoms with Crippen molar-refractivity contribution in [1.82, 2.24) is 0 Å². The summed E-state index contributed by atoms with van der Waals surface area (Å²) in [6.07, 6.45) is -5.69. The minimum Gasteiger partial charge on any atom is -0.406 e. The smallest absolute Gasteiger partial charge is 0.406 e. The molecule has 19 heavy (non-hydrogen) atoms. The Morgan fingerprint density at radius 3 is 2.53 bits per heavy atom. The number of hydrogen-bond acceptors (Lipinski definition) is 3. The van der Waals surface area contributed by atoms with Crippen LogP contribution in [0.15, 0.2) is 35.7 Å². The molecule has 0 fully saturated rings. The number of rotatable bonds is 3. The Morgan fingerprint density at radius 2 is 1.95 bits per heavy atom. The first kappa shape index (κ1) is 13.9. The van der Waals surface area contributed by atoms with Crippen molar-refractivity contribution in [1.29, 1.82) is 0 Å². The maximum Gasteiger partial charge on any atom is 0.573 e. The Morgan fingerprint density at radius 1 is 1.21 bits per heavy atom. The van der Waals surface area contributed by atoms with E-state index < -0.39 is 12.5 Å². The Labute approximate surface area is 112 Å². The molecule has 0 spiro atoms. The van der Waals surface area contributed by atoms with Gasteiger partial charge < -0.3 is 9.84 Å². The van der Waals surface area contributed by atoms with Crippen molar-refractivity contribution in [3.63, 3.8) is 0 Å². The van der Waals surface area contributed by atoms with Crippen molar-refractivity contribution in [2.45, 2.75) is 19.4 Å². The van der Waals surface area contributed by atoms with Gasteiger partial charge in [0.25, 0.3) is 0 Å². The molecule has 1 aromatic carbocycles. The molecule has 0 aliphatic rings. The quantitative estimate of drug-likeness (QED) is 0.923. The van der Waals surface area contributed by atoms with Crippen LogP contribution in [0.1, 0.15) is 22.1 Å². The largest absolute Gasteiger partial charge is 0.573 e. The predicted octanol–water partition coefficient (Wildman–Crippen LogP) is 4.04. The molecule has 1 atom stereocenters. The Hall–Kier alpha value is -1.53. The van der Waals surface area contributed by atoms with Gasteiger partial charge in [-0.3, -0.25) is 0 Å². The van der Waals surface area contributed by atoms with Gasteiger partial charge in [-0.15, -0.1) is 24.5 Å². The number of benzene rings is 1. The van der Waals surface area contributed by atoms with Crippen LogP contribution in [-0.2, 0) is 0 Å². The third kappa shape index (κ3) is 3.71. The van der Waals surface area contributed by atoms with Crippen molar-refractivity contribution >= 4 is 11.3 Å². The summed E-state index contributed by atoms with van der Waals surface area (Å²) in [5.74, 6) is -0.337. The Balaban J connectivity index is 2.23. The summed E-state index contributed by atoms with van der Waals surface area (Å²) in [4.78, 5) is 1.02. The van der Waals surface area contributed by atoms with Crippen molar-refractivity contribution < 1.29 is 23.0 Å². The lowest BCUT2D eigenvalue weighted by Gasteiger charge is -2.13. The van der Waals surface area contributed by atoms with Gasteiger partial charge in [0.1, 0.15) is 11.9 Å². The standard InChI is InChI=1S/C13H11F3O2S/c1-8-5-10(7-19-8)12(17)9-3-2-4-11(6-9)18-13(14,15)16/h2-7,12,17H,1H3. The molecule has 2 aromatic rings. The number of aliphatic hydroxyl groups is 1. The van der Waals surface area contributed by atoms with Crippen LogP contribution in [0, 0.1) is 6.92 Å². The summed E-state index contributed by atoms with van der Waals surface area (Å²) in [6, 6.07) is 7.15. The number of ether oxygens (including phenoxy) is 1. The van der Waals surface area contributed by atoms with Gasteiger partial charge in [0, 0.05) is 4.88 Å². The predicted molar refractivity (Wildman–Crippen MR) is 66.2 cm³/mol. The molecular weight excluding hydrogens is 277 g/mol. The van der Waals surface area contributed by atoms with E-state index in [1.165, 1.54) is 29.5 Å². The highest BCUT2D eigenvalue weighted by Gasteiger charge is 2.31. The second kappa shape index (κ2) is 5.22. The molecule has 0 radical (unpaired) electrons. The number of aryl methyl sites for hydroxylation is 1. The van der Waals surface area contributed by atoms with E-state index in [0.29, 0.717) is 11.1 Å². The summed E-state index contributed by atoms with van der Waals surface area (Å²) in [5, 5.41) is 11.9. The van der Waals surface area contributed by atoms with Crippen LogP contribution in [0.2, 0.25) is 0 Å². The second-order valence-electron chi connectivity index (χ2n) is 4.01. The van der Waals surface area contributed by atoms with Crippen molar-refractivity contribution in [2.75, 3.05) is 0 Å². The minimum atomic E-state index is -4.73. The maximum absolute atomic E-state index is 12.1. The van der Waals surface area contributed by atoms with E-state index in [0.717, 1.165) is 4.88 Å². The van der Waals surface area contributed by atoms with E-state index in [9.17, 15) is 18.3 Å². The van der Waals surface area contributed by atoms with Crippen LogP contribution in [-0.4, -0.2) is 11.5 Å². The number of halogens is 3. The first-order chi connectivity index (χ1) is 8.85. The van der Waals surface area contributed by atoms with E-state index in [-0.39, 0.29) is 5.75 Å². The average Bonchev–Trinajstić information content (AvgIpc) is 2.73. The lowest BCUT2D eigenvalue weighted by molar-refractivity contribution is -0.274. The summed E-state index contributed by atoms with van der Waals surface area (Å²) in [6.45, 7) is 1.89. The van der Waals surface area contributed by atoms with E-state index in [1.807, 2.05) is 6.92 Å². The number of alkyl halides is 3. The first-order valence-corrected chi connectivity index (χ1v) is 6.32. The van der Waals surface area contributed by atoms with Crippen molar-refractivity contribution in [3.05, 3.63) is 51.7 Å². The van der Waals surface area contributed by atoms with Gasteiger partial charge in [0.05, 0.1) is 0 Å². The lowest BCUT2D eigenvalue weighted by Crippen LogP contribution is -2.17. The molecule has 0 amide bonds. The van der Waals surface area contributed by atoms with Gasteiger partial charge in [-0.25, -0.2) is 0 Å². The SMILES string of the molecule is Cc1cc(C(O)c2cccc(OC(F)(F)F)c2)cs1. The molecule has 0 aliphatic heterocycles. The zero-order valence-corrected chi connectivity index (χ0v) is 10.8. The summed E-state index contributed by atoms with van der Waals surface area (Å²) in [7, 11) is 0. The molecule has 6 heteroatoms. The molecule has 0 bridgehead atoms. The second-order valence-corrected chi connectivity index (χ2v) is 5.13. The third-order valence-electron chi connectivity index (χ3n) is 2.47. The number of hydrogen-bond donors (Lipinski definition) is 1. The van der Waals surface area contributed by atoms with Crippen LogP contribution in [0.4, 0.5) is 13.2 Å². The van der Waals surface area contributed by atoms with E-state index in [1.54, 1.807) is 17.5 Å². The van der Waals surface area contributed by atoms with Gasteiger partial charge in [0.2, 0.25) is 0 Å². The molecule has 2 nitrogen and oxygen atoms in total. The fraction of sp³-hybridized carbons (Fsp3) is 0.231. The number of aliphatic hydroxyl groups excluding tert-OH is 1. The molecule has 1 unspecified atom stereocenters. The Bertz CT molecular complexity index is 563. The van der Waals surface area contributed by atoms with Gasteiger partial charge in [0.15, 0.2) is 0 Å². The molecule has 102 valence electrons. The molecule has 1 N–H and O–H groups in total. The van der Waals surface area contributed by atoms with Gasteiger partial charge >= 0.3 is 6.36 Å². The van der Waals surface area contributed by atoms with Crippen molar-refractivity contribution in [2.24, 2.45) is 0 Å². The Kier molecular flexibility index (Phi) is 3.82. The lowest BCUT2D eigenvalue weighted by atomic mass is 10.0. The van der Waals surface area contributed by atoms with Crippen molar-refractivity contribution in [3.8, 4) is 5.75 Å². The zero-order chi connectivity index (χ0) is 14.0. The fourth-order valence-electron chi connectivity index (χ4n) is 1.68. The van der Waals surface area contributed by atoms with Gasteiger partial charge in [-0.1, -0.05) is 12.1 Å². The highest BCUT2D eigenvalue weighted by atomic mass is 32.1.